The van der Waals surface area contributed by atoms with E-state index in [1.54, 1.807) is 4.90 Å². The van der Waals surface area contributed by atoms with E-state index >= 15 is 0 Å². The molecule has 2 atom stereocenters. The van der Waals surface area contributed by atoms with Crippen LogP contribution in [0.25, 0.3) is 0 Å². The molecule has 0 bridgehead atoms. The summed E-state index contributed by atoms with van der Waals surface area (Å²) in [6.45, 7) is 7.19. The van der Waals surface area contributed by atoms with Crippen molar-refractivity contribution in [3.8, 4) is 0 Å². The van der Waals surface area contributed by atoms with Crippen molar-refractivity contribution in [2.45, 2.75) is 33.1 Å². The van der Waals surface area contributed by atoms with Crippen molar-refractivity contribution in [3.63, 3.8) is 0 Å². The average Bonchev–Trinajstić information content (AvgIpc) is 3.04. The molecule has 1 saturated heterocycles. The molecule has 2 amide bonds. The molecule has 0 aromatic heterocycles. The molecule has 136 valence electrons. The van der Waals surface area contributed by atoms with Crippen molar-refractivity contribution in [3.05, 3.63) is 65.2 Å². The number of aryl methyl sites for hydroxylation is 1. The predicted molar refractivity (Wildman–Crippen MR) is 104 cm³/mol. The highest BCUT2D eigenvalue weighted by Gasteiger charge is 2.35. The molecule has 1 aliphatic heterocycles. The minimum absolute atomic E-state index is 0.0231. The van der Waals surface area contributed by atoms with Crippen LogP contribution in [0.1, 0.15) is 36.0 Å². The van der Waals surface area contributed by atoms with E-state index in [-0.39, 0.29) is 30.1 Å². The fourth-order valence-corrected chi connectivity index (χ4v) is 3.44. The Morgan fingerprint density at radius 1 is 1.15 bits per heavy atom. The molecule has 1 heterocycles. The largest absolute Gasteiger partial charge is 0.355 e. The maximum absolute atomic E-state index is 12.6. The van der Waals surface area contributed by atoms with Gasteiger partial charge in [-0.25, -0.2) is 0 Å². The molecule has 4 heteroatoms. The van der Waals surface area contributed by atoms with Crippen molar-refractivity contribution in [2.75, 3.05) is 18.0 Å². The van der Waals surface area contributed by atoms with Crippen LogP contribution >= 0.6 is 0 Å². The van der Waals surface area contributed by atoms with Crippen LogP contribution in [0.5, 0.6) is 0 Å². The van der Waals surface area contributed by atoms with Gasteiger partial charge in [0.25, 0.3) is 0 Å². The smallest absolute Gasteiger partial charge is 0.227 e. The molecule has 0 radical (unpaired) electrons. The lowest BCUT2D eigenvalue weighted by atomic mass is 10.0. The number of amides is 2. The summed E-state index contributed by atoms with van der Waals surface area (Å²) >= 11 is 0. The van der Waals surface area contributed by atoms with E-state index in [4.69, 9.17) is 0 Å². The molecule has 26 heavy (non-hydrogen) atoms. The first-order chi connectivity index (χ1) is 12.5. The first-order valence-corrected chi connectivity index (χ1v) is 9.16. The van der Waals surface area contributed by atoms with E-state index in [1.165, 1.54) is 5.56 Å². The van der Waals surface area contributed by atoms with E-state index in [0.717, 1.165) is 16.8 Å². The van der Waals surface area contributed by atoms with E-state index in [1.807, 2.05) is 50.2 Å². The number of nitrogens with zero attached hydrogens (tertiary/aromatic N) is 1. The molecule has 1 N–H and O–H groups in total. The summed E-state index contributed by atoms with van der Waals surface area (Å²) in [6, 6.07) is 16.1. The number of benzene rings is 2. The number of hydrogen-bond acceptors (Lipinski definition) is 2. The van der Waals surface area contributed by atoms with Crippen LogP contribution in [0.15, 0.2) is 48.5 Å². The van der Waals surface area contributed by atoms with Crippen molar-refractivity contribution >= 4 is 17.5 Å². The second-order valence-corrected chi connectivity index (χ2v) is 7.18. The minimum Gasteiger partial charge on any atom is -0.355 e. The van der Waals surface area contributed by atoms with Crippen molar-refractivity contribution in [1.29, 1.82) is 0 Å². The van der Waals surface area contributed by atoms with Gasteiger partial charge in [-0.15, -0.1) is 0 Å². The second kappa shape index (κ2) is 7.73. The van der Waals surface area contributed by atoms with Gasteiger partial charge in [0.2, 0.25) is 11.8 Å². The van der Waals surface area contributed by atoms with Crippen LogP contribution in [-0.2, 0) is 9.59 Å². The Hall–Kier alpha value is -2.62. The van der Waals surface area contributed by atoms with Crippen molar-refractivity contribution in [1.82, 2.24) is 5.32 Å². The topological polar surface area (TPSA) is 49.4 Å². The molecule has 2 aromatic carbocycles. The van der Waals surface area contributed by atoms with Crippen LogP contribution in [0.3, 0.4) is 0 Å². The Kier molecular flexibility index (Phi) is 5.40. The number of hydrogen-bond donors (Lipinski definition) is 1. The highest BCUT2D eigenvalue weighted by molar-refractivity contribution is 6.00. The Morgan fingerprint density at radius 2 is 1.88 bits per heavy atom. The highest BCUT2D eigenvalue weighted by atomic mass is 16.2. The minimum atomic E-state index is -0.287. The van der Waals surface area contributed by atoms with Gasteiger partial charge in [-0.2, -0.15) is 0 Å². The monoisotopic (exact) mass is 350 g/mol. The second-order valence-electron chi connectivity index (χ2n) is 7.18. The lowest BCUT2D eigenvalue weighted by Crippen LogP contribution is -2.35. The molecular formula is C22H26N2O2. The zero-order valence-corrected chi connectivity index (χ0v) is 15.7. The standard InChI is InChI=1S/C22H26N2O2/c1-15-8-7-11-20(17(15)3)24-14-19(12-21(24)25)22(26)23-13-16(2)18-9-5-4-6-10-18/h4-11,16,19H,12-14H2,1-3H3,(H,23,26)/t16-,19-/m0/s1. The Labute approximate surface area is 155 Å². The summed E-state index contributed by atoms with van der Waals surface area (Å²) in [5.74, 6) is -0.0540. The molecule has 0 aliphatic carbocycles. The number of nitrogens with one attached hydrogen (secondary N) is 1. The van der Waals surface area contributed by atoms with Gasteiger partial charge in [0.05, 0.1) is 5.92 Å². The van der Waals surface area contributed by atoms with E-state index in [2.05, 4.69) is 24.4 Å². The molecule has 4 nitrogen and oxygen atoms in total. The summed E-state index contributed by atoms with van der Waals surface area (Å²) in [4.78, 5) is 26.8. The maximum atomic E-state index is 12.6. The average molecular weight is 350 g/mol. The Morgan fingerprint density at radius 3 is 2.62 bits per heavy atom. The van der Waals surface area contributed by atoms with Gasteiger partial charge in [0.1, 0.15) is 0 Å². The molecule has 2 aromatic rings. The molecule has 0 saturated carbocycles. The van der Waals surface area contributed by atoms with Crippen LogP contribution in [0.2, 0.25) is 0 Å². The Bertz CT molecular complexity index is 801. The molecule has 0 unspecified atom stereocenters. The van der Waals surface area contributed by atoms with Gasteiger partial charge in [0.15, 0.2) is 0 Å². The first-order valence-electron chi connectivity index (χ1n) is 9.16. The van der Waals surface area contributed by atoms with Crippen molar-refractivity contribution < 1.29 is 9.59 Å². The zero-order valence-electron chi connectivity index (χ0n) is 15.7. The lowest BCUT2D eigenvalue weighted by Gasteiger charge is -2.20. The number of rotatable bonds is 5. The zero-order chi connectivity index (χ0) is 18.7. The SMILES string of the molecule is Cc1cccc(N2C[C@@H](C(=O)NC[C@H](C)c3ccccc3)CC2=O)c1C. The third-order valence-electron chi connectivity index (χ3n) is 5.31. The molecular weight excluding hydrogens is 324 g/mol. The van der Waals surface area contributed by atoms with Gasteiger partial charge < -0.3 is 10.2 Å². The summed E-state index contributed by atoms with van der Waals surface area (Å²) < 4.78 is 0. The quantitative estimate of drug-likeness (QED) is 0.896. The van der Waals surface area contributed by atoms with Gasteiger partial charge in [0, 0.05) is 25.2 Å². The van der Waals surface area contributed by atoms with Crippen LogP contribution in [0, 0.1) is 19.8 Å². The fraction of sp³-hybridized carbons (Fsp3) is 0.364. The van der Waals surface area contributed by atoms with Gasteiger partial charge in [-0.3, -0.25) is 9.59 Å². The van der Waals surface area contributed by atoms with Gasteiger partial charge in [-0.05, 0) is 42.5 Å². The van der Waals surface area contributed by atoms with Gasteiger partial charge in [-0.1, -0.05) is 49.4 Å². The molecule has 1 aliphatic rings. The number of carbonyl (C=O) groups excluding carboxylic acids is 2. The van der Waals surface area contributed by atoms with Crippen LogP contribution in [-0.4, -0.2) is 24.9 Å². The van der Waals surface area contributed by atoms with E-state index in [9.17, 15) is 9.59 Å². The fourth-order valence-electron chi connectivity index (χ4n) is 3.44. The summed E-state index contributed by atoms with van der Waals surface area (Å²) in [7, 11) is 0. The first kappa shape index (κ1) is 18.2. The van der Waals surface area contributed by atoms with Gasteiger partial charge >= 0.3 is 0 Å². The van der Waals surface area contributed by atoms with Crippen LogP contribution in [0.4, 0.5) is 5.69 Å². The molecule has 3 rings (SSSR count). The normalized spacial score (nSPS) is 18.0. The number of carbonyl (C=O) groups is 2. The lowest BCUT2D eigenvalue weighted by molar-refractivity contribution is -0.126. The maximum Gasteiger partial charge on any atom is 0.227 e. The summed E-state index contributed by atoms with van der Waals surface area (Å²) in [5, 5.41) is 3.02. The predicted octanol–water partition coefficient (Wildman–Crippen LogP) is 3.58. The molecule has 0 spiro atoms. The number of anilines is 1. The highest BCUT2D eigenvalue weighted by Crippen LogP contribution is 2.29. The van der Waals surface area contributed by atoms with Crippen LogP contribution < -0.4 is 10.2 Å². The van der Waals surface area contributed by atoms with Crippen molar-refractivity contribution in [2.24, 2.45) is 5.92 Å². The third kappa shape index (κ3) is 3.79. The third-order valence-corrected chi connectivity index (χ3v) is 5.31. The Balaban J connectivity index is 1.61. The summed E-state index contributed by atoms with van der Waals surface area (Å²) in [5.41, 5.74) is 4.37. The molecule has 1 fully saturated rings. The van der Waals surface area contributed by atoms with E-state index < -0.39 is 0 Å². The summed E-state index contributed by atoms with van der Waals surface area (Å²) in [6.07, 6.45) is 0.277. The van der Waals surface area contributed by atoms with E-state index in [0.29, 0.717) is 13.1 Å².